The number of thiazole rings is 1. The summed E-state index contributed by atoms with van der Waals surface area (Å²) in [4.78, 5) is 17.5. The number of aryl methyl sites for hydroxylation is 3. The topological polar surface area (TPSA) is 43.6 Å². The van der Waals surface area contributed by atoms with Gasteiger partial charge in [0.05, 0.1) is 22.9 Å². The van der Waals surface area contributed by atoms with Gasteiger partial charge >= 0.3 is 0 Å². The van der Waals surface area contributed by atoms with Crippen molar-refractivity contribution in [2.45, 2.75) is 13.8 Å². The molecule has 0 fully saturated rings. The molecule has 0 saturated heterocycles. The first kappa shape index (κ1) is 15.5. The Morgan fingerprint density at radius 3 is 2.61 bits per heavy atom. The van der Waals surface area contributed by atoms with Gasteiger partial charge in [-0.3, -0.25) is 4.79 Å². The lowest BCUT2D eigenvalue weighted by molar-refractivity contribution is 0.0995. The Bertz CT molecular complexity index is 967. The molecule has 0 saturated carbocycles. The number of rotatable bonds is 2. The van der Waals surface area contributed by atoms with Gasteiger partial charge in [-0.25, -0.2) is 0 Å². The molecule has 3 aromatic rings. The van der Waals surface area contributed by atoms with Crippen LogP contribution in [0, 0.1) is 13.8 Å². The number of carbonyl (C=O) groups excluding carboxylic acids is 1. The zero-order valence-electron chi connectivity index (χ0n) is 13.6. The van der Waals surface area contributed by atoms with Gasteiger partial charge in [0.25, 0.3) is 5.91 Å². The number of amides is 1. The molecule has 1 amide bonds. The summed E-state index contributed by atoms with van der Waals surface area (Å²) in [7, 11) is 3.49. The van der Waals surface area contributed by atoms with E-state index in [9.17, 15) is 4.79 Å². The molecule has 2 aromatic carbocycles. The lowest BCUT2D eigenvalue weighted by Gasteiger charge is -2.03. The zero-order valence-corrected chi connectivity index (χ0v) is 14.4. The third kappa shape index (κ3) is 2.80. The Hall–Kier alpha value is -2.40. The second-order valence-electron chi connectivity index (χ2n) is 5.47. The highest BCUT2D eigenvalue weighted by Crippen LogP contribution is 2.22. The van der Waals surface area contributed by atoms with E-state index in [1.54, 1.807) is 19.2 Å². The Kier molecular flexibility index (Phi) is 4.05. The Balaban J connectivity index is 2.14. The predicted molar refractivity (Wildman–Crippen MR) is 93.2 cm³/mol. The maximum atomic E-state index is 12.5. The molecular weight excluding hydrogens is 308 g/mol. The van der Waals surface area contributed by atoms with Gasteiger partial charge in [0.15, 0.2) is 4.80 Å². The minimum absolute atomic E-state index is 0.293. The van der Waals surface area contributed by atoms with Crippen molar-refractivity contribution < 1.29 is 9.53 Å². The van der Waals surface area contributed by atoms with Crippen LogP contribution in [0.2, 0.25) is 0 Å². The lowest BCUT2D eigenvalue weighted by atomic mass is 10.1. The predicted octanol–water partition coefficient (Wildman–Crippen LogP) is 3.61. The molecular formula is C18H18N2O2S. The first-order valence-corrected chi connectivity index (χ1v) is 8.11. The monoisotopic (exact) mass is 326 g/mol. The average molecular weight is 326 g/mol. The van der Waals surface area contributed by atoms with Crippen LogP contribution in [0.15, 0.2) is 41.4 Å². The Morgan fingerprint density at radius 2 is 1.87 bits per heavy atom. The molecule has 5 heteroatoms. The van der Waals surface area contributed by atoms with Gasteiger partial charge in [-0.05, 0) is 49.2 Å². The van der Waals surface area contributed by atoms with Gasteiger partial charge in [-0.2, -0.15) is 4.99 Å². The van der Waals surface area contributed by atoms with Crippen molar-refractivity contribution in [1.82, 2.24) is 4.57 Å². The fourth-order valence-electron chi connectivity index (χ4n) is 2.45. The van der Waals surface area contributed by atoms with E-state index in [1.165, 1.54) is 22.5 Å². The Morgan fingerprint density at radius 1 is 1.17 bits per heavy atom. The van der Waals surface area contributed by atoms with Crippen molar-refractivity contribution in [2.24, 2.45) is 12.0 Å². The molecule has 4 nitrogen and oxygen atoms in total. The second kappa shape index (κ2) is 6.01. The average Bonchev–Trinajstić information content (AvgIpc) is 2.83. The summed E-state index contributed by atoms with van der Waals surface area (Å²) in [6.45, 7) is 4.18. The second-order valence-corrected chi connectivity index (χ2v) is 6.47. The molecule has 0 aliphatic heterocycles. The summed E-state index contributed by atoms with van der Waals surface area (Å²) < 4.78 is 8.33. The van der Waals surface area contributed by atoms with Crippen molar-refractivity contribution in [2.75, 3.05) is 7.11 Å². The van der Waals surface area contributed by atoms with Crippen LogP contribution in [0.3, 0.4) is 0 Å². The molecule has 1 aromatic heterocycles. The van der Waals surface area contributed by atoms with Crippen LogP contribution in [-0.4, -0.2) is 17.6 Å². The molecule has 0 N–H and O–H groups in total. The van der Waals surface area contributed by atoms with Crippen LogP contribution in [-0.2, 0) is 7.05 Å². The molecule has 0 spiro atoms. The van der Waals surface area contributed by atoms with Crippen molar-refractivity contribution in [3.05, 3.63) is 57.9 Å². The van der Waals surface area contributed by atoms with Crippen LogP contribution in [0.1, 0.15) is 21.5 Å². The smallest absolute Gasteiger partial charge is 0.283 e. The highest BCUT2D eigenvalue weighted by atomic mass is 32.1. The van der Waals surface area contributed by atoms with E-state index in [0.717, 1.165) is 10.2 Å². The quantitative estimate of drug-likeness (QED) is 0.722. The number of para-hydroxylation sites is 1. The summed E-state index contributed by atoms with van der Waals surface area (Å²) in [5, 5.41) is 0. The molecule has 0 aliphatic carbocycles. The fraction of sp³-hybridized carbons (Fsp3) is 0.222. The van der Waals surface area contributed by atoms with Crippen LogP contribution in [0.25, 0.3) is 10.2 Å². The molecule has 0 radical (unpaired) electrons. The molecule has 23 heavy (non-hydrogen) atoms. The van der Waals surface area contributed by atoms with Crippen molar-refractivity contribution in [3.8, 4) is 5.75 Å². The first-order chi connectivity index (χ1) is 11.0. The number of ether oxygens (including phenoxy) is 1. The number of hydrogen-bond acceptors (Lipinski definition) is 3. The van der Waals surface area contributed by atoms with Gasteiger partial charge in [0, 0.05) is 7.05 Å². The maximum Gasteiger partial charge on any atom is 0.283 e. The maximum absolute atomic E-state index is 12.5. The molecule has 0 aliphatic rings. The third-order valence-corrected chi connectivity index (χ3v) is 5.05. The number of methoxy groups -OCH3 is 1. The van der Waals surface area contributed by atoms with Gasteiger partial charge in [0.2, 0.25) is 0 Å². The SMILES string of the molecule is COc1ccccc1C(=O)N=c1sc2cc(C)c(C)cc2n1C. The highest BCUT2D eigenvalue weighted by molar-refractivity contribution is 7.16. The van der Waals surface area contributed by atoms with Crippen LogP contribution in [0.5, 0.6) is 5.75 Å². The minimum atomic E-state index is -0.293. The van der Waals surface area contributed by atoms with Crippen LogP contribution >= 0.6 is 11.3 Å². The van der Waals surface area contributed by atoms with Crippen molar-refractivity contribution >= 4 is 27.5 Å². The van der Waals surface area contributed by atoms with E-state index in [0.29, 0.717) is 16.1 Å². The molecule has 0 unspecified atom stereocenters. The number of nitrogens with zero attached hydrogens (tertiary/aromatic N) is 2. The molecule has 118 valence electrons. The van der Waals surface area contributed by atoms with Crippen LogP contribution in [0.4, 0.5) is 0 Å². The normalized spacial score (nSPS) is 11.9. The summed E-state index contributed by atoms with van der Waals surface area (Å²) in [6, 6.07) is 11.4. The third-order valence-electron chi connectivity index (χ3n) is 3.96. The number of fused-ring (bicyclic) bond motifs is 1. The van der Waals surface area contributed by atoms with E-state index >= 15 is 0 Å². The zero-order chi connectivity index (χ0) is 16.6. The lowest BCUT2D eigenvalue weighted by Crippen LogP contribution is -2.13. The summed E-state index contributed by atoms with van der Waals surface area (Å²) >= 11 is 1.52. The standard InChI is InChI=1S/C18H18N2O2S/c1-11-9-14-16(10-12(11)2)23-18(20(14)3)19-17(21)13-7-5-6-8-15(13)22-4/h5-10H,1-4H3. The molecule has 0 atom stereocenters. The van der Waals surface area contributed by atoms with Gasteiger partial charge in [-0.15, -0.1) is 0 Å². The highest BCUT2D eigenvalue weighted by Gasteiger charge is 2.12. The van der Waals surface area contributed by atoms with Crippen molar-refractivity contribution in [3.63, 3.8) is 0 Å². The minimum Gasteiger partial charge on any atom is -0.496 e. The summed E-state index contributed by atoms with van der Waals surface area (Å²) in [6.07, 6.45) is 0. The number of hydrogen-bond donors (Lipinski definition) is 0. The van der Waals surface area contributed by atoms with Gasteiger partial charge in [0.1, 0.15) is 5.75 Å². The Labute approximate surface area is 138 Å². The molecule has 0 bridgehead atoms. The fourth-order valence-corrected chi connectivity index (χ4v) is 3.55. The van der Waals surface area contributed by atoms with E-state index in [2.05, 4.69) is 31.0 Å². The molecule has 1 heterocycles. The van der Waals surface area contributed by atoms with Crippen LogP contribution < -0.4 is 9.54 Å². The number of benzene rings is 2. The number of carbonyl (C=O) groups is 1. The largest absolute Gasteiger partial charge is 0.496 e. The number of aromatic nitrogens is 1. The van der Waals surface area contributed by atoms with E-state index in [4.69, 9.17) is 4.74 Å². The van der Waals surface area contributed by atoms with Gasteiger partial charge < -0.3 is 9.30 Å². The van der Waals surface area contributed by atoms with Crippen molar-refractivity contribution in [1.29, 1.82) is 0 Å². The summed E-state index contributed by atoms with van der Waals surface area (Å²) in [5.41, 5.74) is 4.03. The first-order valence-electron chi connectivity index (χ1n) is 7.30. The van der Waals surface area contributed by atoms with E-state index in [1.807, 2.05) is 23.7 Å². The van der Waals surface area contributed by atoms with E-state index < -0.39 is 0 Å². The summed E-state index contributed by atoms with van der Waals surface area (Å²) in [5.74, 6) is 0.245. The van der Waals surface area contributed by atoms with E-state index in [-0.39, 0.29) is 5.91 Å². The van der Waals surface area contributed by atoms with Gasteiger partial charge in [-0.1, -0.05) is 23.5 Å². The molecule has 3 rings (SSSR count).